The van der Waals surface area contributed by atoms with E-state index in [-0.39, 0.29) is 17.5 Å². The van der Waals surface area contributed by atoms with E-state index in [9.17, 15) is 13.6 Å². The van der Waals surface area contributed by atoms with Crippen molar-refractivity contribution in [1.29, 1.82) is 0 Å². The molecule has 1 fully saturated rings. The fourth-order valence-corrected chi connectivity index (χ4v) is 1.95. The first-order valence-electron chi connectivity index (χ1n) is 5.63. The molecular formula is C12H14F2N2O. The molecule has 1 heterocycles. The fourth-order valence-electron chi connectivity index (χ4n) is 1.95. The van der Waals surface area contributed by atoms with E-state index in [0.717, 1.165) is 37.6 Å². The zero-order valence-corrected chi connectivity index (χ0v) is 9.30. The molecule has 2 N–H and O–H groups in total. The van der Waals surface area contributed by atoms with E-state index >= 15 is 0 Å². The topological polar surface area (TPSA) is 41.1 Å². The lowest BCUT2D eigenvalue weighted by Crippen LogP contribution is -2.37. The SMILES string of the molecule is O=C(Nc1cc(F)cc(F)c1)[C@@H]1CCCNC1. The second-order valence-corrected chi connectivity index (χ2v) is 4.19. The number of carbonyl (C=O) groups excluding carboxylic acids is 1. The number of amides is 1. The van der Waals surface area contributed by atoms with Gasteiger partial charge in [-0.2, -0.15) is 0 Å². The molecule has 1 aliphatic heterocycles. The Hall–Kier alpha value is -1.49. The zero-order chi connectivity index (χ0) is 12.3. The molecule has 0 saturated carbocycles. The van der Waals surface area contributed by atoms with Gasteiger partial charge in [0.2, 0.25) is 5.91 Å². The number of piperidine rings is 1. The molecular weight excluding hydrogens is 226 g/mol. The van der Waals surface area contributed by atoms with Gasteiger partial charge in [-0.05, 0) is 31.5 Å². The van der Waals surface area contributed by atoms with E-state index in [1.807, 2.05) is 0 Å². The molecule has 1 aromatic rings. The lowest BCUT2D eigenvalue weighted by Gasteiger charge is -2.21. The van der Waals surface area contributed by atoms with Crippen LogP contribution in [0.15, 0.2) is 18.2 Å². The van der Waals surface area contributed by atoms with Gasteiger partial charge in [-0.15, -0.1) is 0 Å². The molecule has 1 aromatic carbocycles. The Labute approximate surface area is 98.2 Å². The number of anilines is 1. The fraction of sp³-hybridized carbons (Fsp3) is 0.417. The highest BCUT2D eigenvalue weighted by Crippen LogP contribution is 2.16. The van der Waals surface area contributed by atoms with Crippen molar-refractivity contribution in [3.63, 3.8) is 0 Å². The number of hydrogen-bond acceptors (Lipinski definition) is 2. The number of nitrogens with one attached hydrogen (secondary N) is 2. The van der Waals surface area contributed by atoms with Crippen LogP contribution in [0.2, 0.25) is 0 Å². The Morgan fingerprint density at radius 3 is 2.59 bits per heavy atom. The average Bonchev–Trinajstić information content (AvgIpc) is 2.28. The molecule has 1 saturated heterocycles. The first-order chi connectivity index (χ1) is 8.15. The van der Waals surface area contributed by atoms with E-state index < -0.39 is 11.6 Å². The van der Waals surface area contributed by atoms with Gasteiger partial charge in [0.1, 0.15) is 11.6 Å². The number of benzene rings is 1. The van der Waals surface area contributed by atoms with Crippen LogP contribution in [0.1, 0.15) is 12.8 Å². The largest absolute Gasteiger partial charge is 0.326 e. The molecule has 0 aromatic heterocycles. The standard InChI is InChI=1S/C12H14F2N2O/c13-9-4-10(14)6-11(5-9)16-12(17)8-2-1-3-15-7-8/h4-6,8,15H,1-3,7H2,(H,16,17)/t8-/m1/s1. The smallest absolute Gasteiger partial charge is 0.228 e. The van der Waals surface area contributed by atoms with Crippen LogP contribution in [-0.2, 0) is 4.79 Å². The summed E-state index contributed by atoms with van der Waals surface area (Å²) in [7, 11) is 0. The Morgan fingerprint density at radius 1 is 1.29 bits per heavy atom. The average molecular weight is 240 g/mol. The molecule has 3 nitrogen and oxygen atoms in total. The maximum absolute atomic E-state index is 12.9. The number of hydrogen-bond donors (Lipinski definition) is 2. The van der Waals surface area contributed by atoms with Crippen molar-refractivity contribution in [3.05, 3.63) is 29.8 Å². The van der Waals surface area contributed by atoms with Crippen molar-refractivity contribution in [2.24, 2.45) is 5.92 Å². The molecule has 17 heavy (non-hydrogen) atoms. The molecule has 1 atom stereocenters. The highest BCUT2D eigenvalue weighted by atomic mass is 19.1. The summed E-state index contributed by atoms with van der Waals surface area (Å²) in [6.07, 6.45) is 1.74. The van der Waals surface area contributed by atoms with Crippen molar-refractivity contribution in [2.75, 3.05) is 18.4 Å². The van der Waals surface area contributed by atoms with E-state index in [1.165, 1.54) is 0 Å². The lowest BCUT2D eigenvalue weighted by atomic mass is 9.99. The predicted octanol–water partition coefficient (Wildman–Crippen LogP) is 1.90. The van der Waals surface area contributed by atoms with E-state index in [1.54, 1.807) is 0 Å². The van der Waals surface area contributed by atoms with Gasteiger partial charge >= 0.3 is 0 Å². The maximum atomic E-state index is 12.9. The molecule has 5 heteroatoms. The summed E-state index contributed by atoms with van der Waals surface area (Å²) in [6.45, 7) is 1.53. The first kappa shape index (κ1) is 12.0. The van der Waals surface area contributed by atoms with Gasteiger partial charge in [-0.3, -0.25) is 4.79 Å². The highest BCUT2D eigenvalue weighted by Gasteiger charge is 2.21. The van der Waals surface area contributed by atoms with Crippen LogP contribution in [0.25, 0.3) is 0 Å². The van der Waals surface area contributed by atoms with Crippen LogP contribution in [0.3, 0.4) is 0 Å². The second-order valence-electron chi connectivity index (χ2n) is 4.19. The lowest BCUT2D eigenvalue weighted by molar-refractivity contribution is -0.120. The van der Waals surface area contributed by atoms with Gasteiger partial charge in [-0.1, -0.05) is 0 Å². The third-order valence-corrected chi connectivity index (χ3v) is 2.80. The number of halogens is 2. The van der Waals surface area contributed by atoms with Crippen molar-refractivity contribution in [2.45, 2.75) is 12.8 Å². The van der Waals surface area contributed by atoms with Crippen LogP contribution in [0.5, 0.6) is 0 Å². The van der Waals surface area contributed by atoms with Gasteiger partial charge in [0.25, 0.3) is 0 Å². The number of rotatable bonds is 2. The van der Waals surface area contributed by atoms with Crippen LogP contribution in [0, 0.1) is 17.6 Å². The Kier molecular flexibility index (Phi) is 3.68. The van der Waals surface area contributed by atoms with Gasteiger partial charge in [0.05, 0.1) is 5.92 Å². The van der Waals surface area contributed by atoms with Crippen molar-refractivity contribution in [1.82, 2.24) is 5.32 Å². The molecule has 0 bridgehead atoms. The summed E-state index contributed by atoms with van der Waals surface area (Å²) in [5.74, 6) is -1.71. The van der Waals surface area contributed by atoms with E-state index in [4.69, 9.17) is 0 Å². The Bertz CT molecular complexity index is 397. The van der Waals surface area contributed by atoms with E-state index in [2.05, 4.69) is 10.6 Å². The normalized spacial score (nSPS) is 20.0. The molecule has 0 spiro atoms. The molecule has 1 amide bonds. The van der Waals surface area contributed by atoms with Gasteiger partial charge in [0.15, 0.2) is 0 Å². The number of carbonyl (C=O) groups is 1. The molecule has 92 valence electrons. The monoisotopic (exact) mass is 240 g/mol. The minimum atomic E-state index is -0.693. The quantitative estimate of drug-likeness (QED) is 0.829. The highest BCUT2D eigenvalue weighted by molar-refractivity contribution is 5.92. The summed E-state index contributed by atoms with van der Waals surface area (Å²) in [5.41, 5.74) is 0.165. The summed E-state index contributed by atoms with van der Waals surface area (Å²) < 4.78 is 25.8. The van der Waals surface area contributed by atoms with E-state index in [0.29, 0.717) is 6.54 Å². The van der Waals surface area contributed by atoms with Crippen LogP contribution in [-0.4, -0.2) is 19.0 Å². The van der Waals surface area contributed by atoms with Crippen LogP contribution in [0.4, 0.5) is 14.5 Å². The van der Waals surface area contributed by atoms with Crippen molar-refractivity contribution < 1.29 is 13.6 Å². The Balaban J connectivity index is 2.01. The maximum Gasteiger partial charge on any atom is 0.228 e. The molecule has 0 radical (unpaired) electrons. The summed E-state index contributed by atoms with van der Waals surface area (Å²) >= 11 is 0. The predicted molar refractivity (Wildman–Crippen MR) is 60.6 cm³/mol. The Morgan fingerprint density at radius 2 is 2.00 bits per heavy atom. The summed E-state index contributed by atoms with van der Waals surface area (Å²) in [5, 5.41) is 5.65. The molecule has 2 rings (SSSR count). The van der Waals surface area contributed by atoms with Crippen molar-refractivity contribution >= 4 is 11.6 Å². The second kappa shape index (κ2) is 5.23. The summed E-state index contributed by atoms with van der Waals surface area (Å²) in [4.78, 5) is 11.8. The minimum absolute atomic E-state index is 0.130. The third-order valence-electron chi connectivity index (χ3n) is 2.80. The molecule has 1 aliphatic rings. The van der Waals surface area contributed by atoms with Crippen LogP contribution < -0.4 is 10.6 Å². The first-order valence-corrected chi connectivity index (χ1v) is 5.63. The van der Waals surface area contributed by atoms with Crippen LogP contribution >= 0.6 is 0 Å². The van der Waals surface area contributed by atoms with Gasteiger partial charge in [0, 0.05) is 18.3 Å². The third kappa shape index (κ3) is 3.23. The van der Waals surface area contributed by atoms with Gasteiger partial charge < -0.3 is 10.6 Å². The molecule has 0 aliphatic carbocycles. The summed E-state index contributed by atoms with van der Waals surface area (Å²) in [6, 6.07) is 2.99. The zero-order valence-electron chi connectivity index (χ0n) is 9.30. The minimum Gasteiger partial charge on any atom is -0.326 e. The van der Waals surface area contributed by atoms with Crippen molar-refractivity contribution in [3.8, 4) is 0 Å². The van der Waals surface area contributed by atoms with Gasteiger partial charge in [-0.25, -0.2) is 8.78 Å². The molecule has 0 unspecified atom stereocenters.